The summed E-state index contributed by atoms with van der Waals surface area (Å²) < 4.78 is 0. The molecular formula is C19H15ClN4S. The first-order valence-electron chi connectivity index (χ1n) is 7.74. The van der Waals surface area contributed by atoms with E-state index in [9.17, 15) is 5.26 Å². The predicted molar refractivity (Wildman–Crippen MR) is 104 cm³/mol. The molecule has 0 atom stereocenters. The van der Waals surface area contributed by atoms with Crippen molar-refractivity contribution in [3.63, 3.8) is 0 Å². The fourth-order valence-corrected chi connectivity index (χ4v) is 3.20. The molecule has 1 aromatic heterocycles. The van der Waals surface area contributed by atoms with Gasteiger partial charge in [0, 0.05) is 16.0 Å². The number of para-hydroxylation sites is 1. The SMILES string of the molecule is CCc1ccccc1N/N=C(/C#N)c1nc(-c2ccc(Cl)cc2)cs1. The Kier molecular flexibility index (Phi) is 5.44. The third kappa shape index (κ3) is 4.05. The number of nitriles is 1. The van der Waals surface area contributed by atoms with Crippen molar-refractivity contribution in [2.75, 3.05) is 5.43 Å². The van der Waals surface area contributed by atoms with Crippen molar-refractivity contribution in [2.24, 2.45) is 5.10 Å². The molecule has 25 heavy (non-hydrogen) atoms. The van der Waals surface area contributed by atoms with E-state index in [0.717, 1.165) is 28.9 Å². The van der Waals surface area contributed by atoms with Crippen molar-refractivity contribution >= 4 is 34.3 Å². The van der Waals surface area contributed by atoms with Crippen LogP contribution in [0.25, 0.3) is 11.3 Å². The highest BCUT2D eigenvalue weighted by molar-refractivity contribution is 7.12. The number of benzene rings is 2. The highest BCUT2D eigenvalue weighted by Crippen LogP contribution is 2.24. The van der Waals surface area contributed by atoms with Gasteiger partial charge in [-0.05, 0) is 30.2 Å². The number of hydrogen-bond donors (Lipinski definition) is 1. The highest BCUT2D eigenvalue weighted by atomic mass is 35.5. The average molecular weight is 367 g/mol. The van der Waals surface area contributed by atoms with Crippen LogP contribution >= 0.6 is 22.9 Å². The van der Waals surface area contributed by atoms with Gasteiger partial charge >= 0.3 is 0 Å². The lowest BCUT2D eigenvalue weighted by Crippen LogP contribution is -2.02. The van der Waals surface area contributed by atoms with Crippen molar-refractivity contribution in [3.8, 4) is 17.3 Å². The first-order valence-corrected chi connectivity index (χ1v) is 9.00. The van der Waals surface area contributed by atoms with Gasteiger partial charge in [0.25, 0.3) is 0 Å². The van der Waals surface area contributed by atoms with Crippen LogP contribution in [-0.2, 0) is 6.42 Å². The minimum atomic E-state index is 0.260. The fraction of sp³-hybridized carbons (Fsp3) is 0.105. The van der Waals surface area contributed by atoms with E-state index in [4.69, 9.17) is 11.6 Å². The van der Waals surface area contributed by atoms with Crippen molar-refractivity contribution in [1.82, 2.24) is 4.98 Å². The Balaban J connectivity index is 1.84. The van der Waals surface area contributed by atoms with Gasteiger partial charge in [-0.3, -0.25) is 5.43 Å². The second-order valence-corrected chi connectivity index (χ2v) is 6.53. The maximum atomic E-state index is 9.43. The molecule has 0 bridgehead atoms. The third-order valence-corrected chi connectivity index (χ3v) is 4.74. The first-order chi connectivity index (χ1) is 12.2. The number of rotatable bonds is 5. The number of anilines is 1. The van der Waals surface area contributed by atoms with Crippen molar-refractivity contribution in [2.45, 2.75) is 13.3 Å². The molecule has 0 amide bonds. The normalized spacial score (nSPS) is 11.2. The number of nitrogens with zero attached hydrogens (tertiary/aromatic N) is 3. The van der Waals surface area contributed by atoms with Gasteiger partial charge in [0.15, 0.2) is 10.7 Å². The molecule has 0 saturated carbocycles. The van der Waals surface area contributed by atoms with E-state index in [0.29, 0.717) is 10.0 Å². The van der Waals surface area contributed by atoms with E-state index >= 15 is 0 Å². The second-order valence-electron chi connectivity index (χ2n) is 5.24. The molecule has 0 radical (unpaired) electrons. The molecule has 0 unspecified atom stereocenters. The Bertz CT molecular complexity index is 939. The zero-order valence-electron chi connectivity index (χ0n) is 13.5. The quantitative estimate of drug-likeness (QED) is 0.488. The van der Waals surface area contributed by atoms with E-state index in [1.165, 1.54) is 11.3 Å². The minimum absolute atomic E-state index is 0.260. The van der Waals surface area contributed by atoms with Crippen LogP contribution in [0.1, 0.15) is 17.5 Å². The van der Waals surface area contributed by atoms with Crippen LogP contribution in [0.15, 0.2) is 59.0 Å². The molecule has 1 N–H and O–H groups in total. The summed E-state index contributed by atoms with van der Waals surface area (Å²) in [6, 6.07) is 17.5. The van der Waals surface area contributed by atoms with E-state index in [2.05, 4.69) is 28.5 Å². The summed E-state index contributed by atoms with van der Waals surface area (Å²) in [5.74, 6) is 0. The van der Waals surface area contributed by atoms with Gasteiger partial charge in [-0.1, -0.05) is 48.9 Å². The fourth-order valence-electron chi connectivity index (χ4n) is 2.31. The molecule has 2 aromatic carbocycles. The molecule has 1 heterocycles. The second kappa shape index (κ2) is 7.93. The molecular weight excluding hydrogens is 352 g/mol. The minimum Gasteiger partial charge on any atom is -0.277 e. The summed E-state index contributed by atoms with van der Waals surface area (Å²) in [5, 5.41) is 16.8. The van der Waals surface area contributed by atoms with Gasteiger partial charge in [0.05, 0.1) is 11.4 Å². The number of hydrazone groups is 1. The van der Waals surface area contributed by atoms with Gasteiger partial charge in [-0.2, -0.15) is 10.4 Å². The Morgan fingerprint density at radius 2 is 2.00 bits per heavy atom. The highest BCUT2D eigenvalue weighted by Gasteiger charge is 2.11. The van der Waals surface area contributed by atoms with Gasteiger partial charge in [-0.15, -0.1) is 11.3 Å². The van der Waals surface area contributed by atoms with Crippen LogP contribution in [0.3, 0.4) is 0 Å². The van der Waals surface area contributed by atoms with Crippen molar-refractivity contribution < 1.29 is 0 Å². The summed E-state index contributed by atoms with van der Waals surface area (Å²) in [5.41, 5.74) is 7.04. The third-order valence-electron chi connectivity index (χ3n) is 3.64. The Morgan fingerprint density at radius 1 is 1.24 bits per heavy atom. The lowest BCUT2D eigenvalue weighted by atomic mass is 10.1. The van der Waals surface area contributed by atoms with Gasteiger partial charge in [0.1, 0.15) is 6.07 Å². The number of aryl methyl sites for hydroxylation is 1. The summed E-state index contributed by atoms with van der Waals surface area (Å²) in [6.45, 7) is 2.08. The number of nitrogens with one attached hydrogen (secondary N) is 1. The summed E-state index contributed by atoms with van der Waals surface area (Å²) >= 11 is 7.30. The molecule has 0 aliphatic carbocycles. The molecule has 0 aliphatic rings. The zero-order valence-corrected chi connectivity index (χ0v) is 15.1. The molecule has 6 heteroatoms. The Hall–Kier alpha value is -2.68. The lowest BCUT2D eigenvalue weighted by molar-refractivity contribution is 1.13. The standard InChI is InChI=1S/C19H15ClN4S/c1-2-13-5-3-4-6-16(13)23-24-17(11-21)19-22-18(12-25-19)14-7-9-15(20)10-8-14/h3-10,12,23H,2H2,1H3/b24-17-. The van der Waals surface area contributed by atoms with Crippen LogP contribution < -0.4 is 5.43 Å². The first kappa shape index (κ1) is 17.2. The van der Waals surface area contributed by atoms with Crippen LogP contribution in [-0.4, -0.2) is 10.7 Å². The number of hydrogen-bond acceptors (Lipinski definition) is 5. The van der Waals surface area contributed by atoms with Crippen LogP contribution in [0.5, 0.6) is 0 Å². The number of halogens is 1. The van der Waals surface area contributed by atoms with Gasteiger partial charge in [0.2, 0.25) is 0 Å². The predicted octanol–water partition coefficient (Wildman–Crippen LogP) is 5.37. The van der Waals surface area contributed by atoms with Crippen molar-refractivity contribution in [3.05, 3.63) is 69.5 Å². The average Bonchev–Trinajstić information content (AvgIpc) is 3.13. The van der Waals surface area contributed by atoms with Crippen LogP contribution in [0.4, 0.5) is 5.69 Å². The van der Waals surface area contributed by atoms with Crippen molar-refractivity contribution in [1.29, 1.82) is 5.26 Å². The Labute approximate surface area is 155 Å². The van der Waals surface area contributed by atoms with Gasteiger partial charge in [-0.25, -0.2) is 4.98 Å². The maximum Gasteiger partial charge on any atom is 0.196 e. The number of thiazole rings is 1. The van der Waals surface area contributed by atoms with E-state index < -0.39 is 0 Å². The van der Waals surface area contributed by atoms with Crippen LogP contribution in [0.2, 0.25) is 5.02 Å². The lowest BCUT2D eigenvalue weighted by Gasteiger charge is -2.06. The Morgan fingerprint density at radius 3 is 2.72 bits per heavy atom. The number of aromatic nitrogens is 1. The smallest absolute Gasteiger partial charge is 0.196 e. The summed E-state index contributed by atoms with van der Waals surface area (Å²) in [6.07, 6.45) is 0.887. The van der Waals surface area contributed by atoms with E-state index in [1.807, 2.05) is 53.9 Å². The molecule has 3 rings (SSSR count). The largest absolute Gasteiger partial charge is 0.277 e. The molecule has 0 saturated heterocycles. The topological polar surface area (TPSA) is 61.1 Å². The molecule has 124 valence electrons. The molecule has 0 fully saturated rings. The maximum absolute atomic E-state index is 9.43. The summed E-state index contributed by atoms with van der Waals surface area (Å²) in [4.78, 5) is 4.52. The molecule has 0 aliphatic heterocycles. The molecule has 4 nitrogen and oxygen atoms in total. The molecule has 0 spiro atoms. The van der Waals surface area contributed by atoms with E-state index in [-0.39, 0.29) is 5.71 Å². The van der Waals surface area contributed by atoms with E-state index in [1.54, 1.807) is 0 Å². The van der Waals surface area contributed by atoms with Crippen LogP contribution in [0, 0.1) is 11.3 Å². The summed E-state index contributed by atoms with van der Waals surface area (Å²) in [7, 11) is 0. The van der Waals surface area contributed by atoms with Gasteiger partial charge < -0.3 is 0 Å². The monoisotopic (exact) mass is 366 g/mol. The molecule has 3 aromatic rings. The zero-order chi connectivity index (χ0) is 17.6.